The maximum atomic E-state index is 5.72. The minimum Gasteiger partial charge on any atom is -0.463 e. The zero-order chi connectivity index (χ0) is 10.0. The van der Waals surface area contributed by atoms with Gasteiger partial charge in [0.1, 0.15) is 12.1 Å². The Labute approximate surface area is 90.1 Å². The summed E-state index contributed by atoms with van der Waals surface area (Å²) < 4.78 is 5.46. The third-order valence-electron chi connectivity index (χ3n) is 5.32. The third kappa shape index (κ3) is 0.943. The Hall–Kier alpha value is -0.730. The largest absolute Gasteiger partial charge is 0.463 e. The summed E-state index contributed by atoms with van der Waals surface area (Å²) in [7, 11) is 0. The maximum Gasteiger partial charge on any atom is 0.282 e. The molecule has 0 aromatic rings. The van der Waals surface area contributed by atoms with Crippen molar-refractivity contribution in [1.29, 1.82) is 0 Å². The molecule has 0 aromatic heterocycles. The van der Waals surface area contributed by atoms with E-state index in [1.807, 2.05) is 0 Å². The van der Waals surface area contributed by atoms with Crippen LogP contribution < -0.4 is 5.73 Å². The fourth-order valence-corrected chi connectivity index (χ4v) is 4.88. The SMILES string of the molecule is NC1=NC2(CO1)C1CC3CC(C1)CC2C3. The van der Waals surface area contributed by atoms with Crippen LogP contribution >= 0.6 is 0 Å². The molecule has 0 saturated heterocycles. The summed E-state index contributed by atoms with van der Waals surface area (Å²) in [5, 5.41) is 0. The van der Waals surface area contributed by atoms with Crippen LogP contribution in [-0.4, -0.2) is 18.2 Å². The molecule has 82 valence electrons. The molecule has 4 aliphatic carbocycles. The molecule has 1 aliphatic heterocycles. The van der Waals surface area contributed by atoms with Crippen LogP contribution in [0.15, 0.2) is 4.99 Å². The van der Waals surface area contributed by atoms with Gasteiger partial charge in [0.15, 0.2) is 0 Å². The first-order valence-electron chi connectivity index (χ1n) is 6.24. The monoisotopic (exact) mass is 206 g/mol. The zero-order valence-corrected chi connectivity index (χ0v) is 8.98. The molecule has 0 radical (unpaired) electrons. The van der Waals surface area contributed by atoms with Gasteiger partial charge < -0.3 is 10.5 Å². The van der Waals surface area contributed by atoms with E-state index in [9.17, 15) is 0 Å². The summed E-state index contributed by atoms with van der Waals surface area (Å²) in [4.78, 5) is 4.69. The summed E-state index contributed by atoms with van der Waals surface area (Å²) in [6, 6.07) is 0.447. The average Bonchev–Trinajstić information content (AvgIpc) is 2.57. The molecule has 2 N–H and O–H groups in total. The van der Waals surface area contributed by atoms with Crippen LogP contribution in [0.25, 0.3) is 0 Å². The van der Waals surface area contributed by atoms with Gasteiger partial charge in [-0.05, 0) is 55.8 Å². The van der Waals surface area contributed by atoms with Gasteiger partial charge in [-0.1, -0.05) is 0 Å². The highest BCUT2D eigenvalue weighted by atomic mass is 16.5. The number of amidine groups is 1. The lowest BCUT2D eigenvalue weighted by Crippen LogP contribution is -2.57. The molecule has 5 aliphatic rings. The first-order chi connectivity index (χ1) is 7.26. The smallest absolute Gasteiger partial charge is 0.282 e. The first kappa shape index (κ1) is 8.43. The molecule has 3 heteroatoms. The zero-order valence-electron chi connectivity index (χ0n) is 8.98. The molecule has 4 bridgehead atoms. The number of ether oxygens (including phenoxy) is 1. The topological polar surface area (TPSA) is 47.6 Å². The van der Waals surface area contributed by atoms with Crippen molar-refractivity contribution in [2.45, 2.75) is 37.6 Å². The van der Waals surface area contributed by atoms with Crippen LogP contribution in [0.4, 0.5) is 0 Å². The Morgan fingerprint density at radius 3 is 2.13 bits per heavy atom. The average molecular weight is 206 g/mol. The molecular weight excluding hydrogens is 188 g/mol. The second-order valence-corrected chi connectivity index (χ2v) is 6.03. The summed E-state index contributed by atoms with van der Waals surface area (Å²) >= 11 is 0. The van der Waals surface area contributed by atoms with Crippen LogP contribution in [0.3, 0.4) is 0 Å². The number of hydrogen-bond donors (Lipinski definition) is 1. The van der Waals surface area contributed by atoms with E-state index in [1.54, 1.807) is 0 Å². The van der Waals surface area contributed by atoms with E-state index in [1.165, 1.54) is 32.1 Å². The van der Waals surface area contributed by atoms with Crippen molar-refractivity contribution in [3.63, 3.8) is 0 Å². The fraction of sp³-hybridized carbons (Fsp3) is 0.917. The number of aliphatic imine (C=N–C) groups is 1. The van der Waals surface area contributed by atoms with Crippen LogP contribution in [0.5, 0.6) is 0 Å². The van der Waals surface area contributed by atoms with Crippen LogP contribution in [0.2, 0.25) is 0 Å². The Bertz CT molecular complexity index is 309. The number of nitrogens with two attached hydrogens (primary N) is 1. The molecule has 4 fully saturated rings. The third-order valence-corrected chi connectivity index (χ3v) is 5.32. The molecule has 1 spiro atoms. The lowest BCUT2D eigenvalue weighted by molar-refractivity contribution is -0.0618. The molecule has 5 rings (SSSR count). The molecular formula is C12H18N2O. The van der Waals surface area contributed by atoms with Crippen LogP contribution in [0.1, 0.15) is 32.1 Å². The summed E-state index contributed by atoms with van der Waals surface area (Å²) in [5.41, 5.74) is 5.83. The first-order valence-corrected chi connectivity index (χ1v) is 6.24. The van der Waals surface area contributed by atoms with Crippen molar-refractivity contribution >= 4 is 6.02 Å². The van der Waals surface area contributed by atoms with Gasteiger partial charge in [0.25, 0.3) is 6.02 Å². The summed E-state index contributed by atoms with van der Waals surface area (Å²) in [5.74, 6) is 3.54. The Kier molecular flexibility index (Phi) is 1.40. The van der Waals surface area contributed by atoms with Gasteiger partial charge in [0, 0.05) is 0 Å². The minimum absolute atomic E-state index is 0.109. The molecule has 15 heavy (non-hydrogen) atoms. The van der Waals surface area contributed by atoms with E-state index in [-0.39, 0.29) is 5.54 Å². The van der Waals surface area contributed by atoms with Gasteiger partial charge in [0.2, 0.25) is 0 Å². The molecule has 3 nitrogen and oxygen atoms in total. The predicted octanol–water partition coefficient (Wildman–Crippen LogP) is 1.53. The van der Waals surface area contributed by atoms with E-state index in [2.05, 4.69) is 0 Å². The molecule has 0 unspecified atom stereocenters. The normalized spacial score (nSPS) is 55.9. The van der Waals surface area contributed by atoms with Crippen LogP contribution in [-0.2, 0) is 4.74 Å². The van der Waals surface area contributed by atoms with Gasteiger partial charge in [0.05, 0.1) is 0 Å². The second kappa shape index (κ2) is 2.50. The van der Waals surface area contributed by atoms with Crippen molar-refractivity contribution in [2.24, 2.45) is 34.4 Å². The lowest BCUT2D eigenvalue weighted by Gasteiger charge is -2.57. The van der Waals surface area contributed by atoms with Gasteiger partial charge in [-0.15, -0.1) is 0 Å². The van der Waals surface area contributed by atoms with Crippen molar-refractivity contribution in [3.8, 4) is 0 Å². The van der Waals surface area contributed by atoms with E-state index in [4.69, 9.17) is 15.5 Å². The van der Waals surface area contributed by atoms with E-state index < -0.39 is 0 Å². The number of hydrogen-bond acceptors (Lipinski definition) is 3. The highest BCUT2D eigenvalue weighted by Crippen LogP contribution is 2.60. The van der Waals surface area contributed by atoms with Crippen molar-refractivity contribution in [2.75, 3.05) is 6.61 Å². The molecule has 0 atom stereocenters. The molecule has 1 heterocycles. The van der Waals surface area contributed by atoms with Crippen molar-refractivity contribution in [3.05, 3.63) is 0 Å². The van der Waals surface area contributed by atoms with Crippen molar-refractivity contribution in [1.82, 2.24) is 0 Å². The van der Waals surface area contributed by atoms with E-state index in [0.29, 0.717) is 6.02 Å². The van der Waals surface area contributed by atoms with Gasteiger partial charge >= 0.3 is 0 Å². The highest BCUT2D eigenvalue weighted by Gasteiger charge is 2.59. The number of nitrogens with zero attached hydrogens (tertiary/aromatic N) is 1. The quantitative estimate of drug-likeness (QED) is 0.653. The van der Waals surface area contributed by atoms with Gasteiger partial charge in [-0.3, -0.25) is 0 Å². The van der Waals surface area contributed by atoms with Gasteiger partial charge in [-0.2, -0.15) is 0 Å². The molecule has 0 aromatic carbocycles. The Morgan fingerprint density at radius 2 is 1.67 bits per heavy atom. The lowest BCUT2D eigenvalue weighted by atomic mass is 9.49. The van der Waals surface area contributed by atoms with Crippen molar-refractivity contribution < 1.29 is 4.74 Å². The van der Waals surface area contributed by atoms with Gasteiger partial charge in [-0.25, -0.2) is 4.99 Å². The Morgan fingerprint density at radius 1 is 1.07 bits per heavy atom. The second-order valence-electron chi connectivity index (χ2n) is 6.03. The fourth-order valence-electron chi connectivity index (χ4n) is 4.88. The number of rotatable bonds is 0. The molecule has 4 saturated carbocycles. The van der Waals surface area contributed by atoms with E-state index >= 15 is 0 Å². The van der Waals surface area contributed by atoms with E-state index in [0.717, 1.165) is 30.3 Å². The predicted molar refractivity (Wildman–Crippen MR) is 57.4 cm³/mol. The van der Waals surface area contributed by atoms with Crippen LogP contribution in [0, 0.1) is 23.7 Å². The minimum atomic E-state index is 0.109. The maximum absolute atomic E-state index is 5.72. The summed E-state index contributed by atoms with van der Waals surface area (Å²) in [6.07, 6.45) is 7.02. The Balaban J connectivity index is 1.76. The standard InChI is InChI=1S/C12H18N2O/c13-11-14-12(6-15-11)9-2-7-1-8(4-9)5-10(12)3-7/h7-10H,1-6H2,(H2,13,14). The molecule has 0 amide bonds. The highest BCUT2D eigenvalue weighted by molar-refractivity contribution is 5.74. The summed E-state index contributed by atoms with van der Waals surface area (Å²) in [6.45, 7) is 0.771.